The van der Waals surface area contributed by atoms with Crippen LogP contribution in [0.4, 0.5) is 0 Å². The van der Waals surface area contributed by atoms with Gasteiger partial charge in [0.2, 0.25) is 5.78 Å². The number of ketones is 1. The van der Waals surface area contributed by atoms with Gasteiger partial charge in [0.15, 0.2) is 17.6 Å². The Hall–Kier alpha value is -2.76. The van der Waals surface area contributed by atoms with Gasteiger partial charge in [0.1, 0.15) is 5.69 Å². The Kier molecular flexibility index (Phi) is 6.66. The molecule has 27 heavy (non-hydrogen) atoms. The van der Waals surface area contributed by atoms with Crippen LogP contribution in [0.3, 0.4) is 0 Å². The van der Waals surface area contributed by atoms with Crippen molar-refractivity contribution in [1.29, 1.82) is 0 Å². The number of methoxy groups -OCH3 is 1. The quantitative estimate of drug-likeness (QED) is 0.518. The van der Waals surface area contributed by atoms with E-state index in [0.29, 0.717) is 34.9 Å². The molecular formula is C21H27NO5. The maximum absolute atomic E-state index is 13.1. The molecule has 0 aliphatic rings. The second-order valence-corrected chi connectivity index (χ2v) is 6.17. The highest BCUT2D eigenvalue weighted by atomic mass is 16.5. The number of hydrogen-bond acceptors (Lipinski definition) is 5. The van der Waals surface area contributed by atoms with Gasteiger partial charge in [-0.25, -0.2) is 4.79 Å². The molecule has 1 heterocycles. The van der Waals surface area contributed by atoms with Gasteiger partial charge in [-0.1, -0.05) is 12.1 Å². The average molecular weight is 373 g/mol. The second-order valence-electron chi connectivity index (χ2n) is 6.17. The average Bonchev–Trinajstić information content (AvgIpc) is 2.91. The van der Waals surface area contributed by atoms with Crippen LogP contribution < -0.4 is 9.47 Å². The van der Waals surface area contributed by atoms with E-state index in [1.807, 2.05) is 30.5 Å². The van der Waals surface area contributed by atoms with Crippen LogP contribution in [0.25, 0.3) is 0 Å². The lowest BCUT2D eigenvalue weighted by molar-refractivity contribution is 0.0512. The predicted octanol–water partition coefficient (Wildman–Crippen LogP) is 3.96. The molecule has 146 valence electrons. The Morgan fingerprint density at radius 2 is 1.74 bits per heavy atom. The summed E-state index contributed by atoms with van der Waals surface area (Å²) in [5, 5.41) is 0. The van der Waals surface area contributed by atoms with E-state index < -0.39 is 12.1 Å². The smallest absolute Gasteiger partial charge is 0.355 e. The molecule has 0 saturated heterocycles. The monoisotopic (exact) mass is 373 g/mol. The zero-order valence-corrected chi connectivity index (χ0v) is 16.8. The van der Waals surface area contributed by atoms with E-state index in [4.69, 9.17) is 14.2 Å². The number of ether oxygens (including phenoxy) is 3. The van der Waals surface area contributed by atoms with Crippen molar-refractivity contribution in [2.45, 2.75) is 47.3 Å². The van der Waals surface area contributed by atoms with Crippen LogP contribution in [-0.4, -0.2) is 36.1 Å². The van der Waals surface area contributed by atoms with Gasteiger partial charge in [0.25, 0.3) is 0 Å². The molecule has 0 bridgehead atoms. The largest absolute Gasteiger partial charge is 0.493 e. The Morgan fingerprint density at radius 1 is 1.11 bits per heavy atom. The topological polar surface area (TPSA) is 66.8 Å². The van der Waals surface area contributed by atoms with Crippen LogP contribution in [0.1, 0.15) is 52.9 Å². The Labute approximate surface area is 160 Å². The van der Waals surface area contributed by atoms with Crippen molar-refractivity contribution in [3.63, 3.8) is 0 Å². The number of para-hydroxylation sites is 2. The third-order valence-electron chi connectivity index (χ3n) is 4.54. The van der Waals surface area contributed by atoms with Gasteiger partial charge in [-0.2, -0.15) is 0 Å². The molecule has 0 unspecified atom stereocenters. The fourth-order valence-corrected chi connectivity index (χ4v) is 3.28. The van der Waals surface area contributed by atoms with Crippen LogP contribution in [0.5, 0.6) is 11.5 Å². The zero-order chi connectivity index (χ0) is 20.1. The van der Waals surface area contributed by atoms with Gasteiger partial charge in [0, 0.05) is 17.8 Å². The van der Waals surface area contributed by atoms with Crippen molar-refractivity contribution in [1.82, 2.24) is 4.57 Å². The number of aromatic nitrogens is 1. The summed E-state index contributed by atoms with van der Waals surface area (Å²) < 4.78 is 18.1. The summed E-state index contributed by atoms with van der Waals surface area (Å²) in [6.45, 7) is 9.84. The molecule has 6 nitrogen and oxygen atoms in total. The molecule has 0 saturated carbocycles. The maximum Gasteiger partial charge on any atom is 0.355 e. The van der Waals surface area contributed by atoms with Crippen LogP contribution in [0.15, 0.2) is 24.3 Å². The summed E-state index contributed by atoms with van der Waals surface area (Å²) in [6, 6.07) is 7.18. The summed E-state index contributed by atoms with van der Waals surface area (Å²) in [6.07, 6.45) is -0.735. The Morgan fingerprint density at radius 3 is 2.30 bits per heavy atom. The lowest BCUT2D eigenvalue weighted by atomic mass is 10.0. The lowest BCUT2D eigenvalue weighted by Gasteiger charge is -2.16. The Bertz CT molecular complexity index is 837. The van der Waals surface area contributed by atoms with E-state index in [0.717, 1.165) is 5.69 Å². The first kappa shape index (κ1) is 20.6. The molecule has 2 aromatic rings. The minimum Gasteiger partial charge on any atom is -0.493 e. The number of carbonyl (C=O) groups is 2. The molecule has 0 N–H and O–H groups in total. The summed E-state index contributed by atoms with van der Waals surface area (Å²) in [5.74, 6) is 0.451. The van der Waals surface area contributed by atoms with Crippen LogP contribution in [-0.2, 0) is 11.3 Å². The highest BCUT2D eigenvalue weighted by molar-refractivity contribution is 6.05. The molecule has 1 atom stereocenters. The van der Waals surface area contributed by atoms with E-state index in [9.17, 15) is 9.59 Å². The number of esters is 1. The van der Waals surface area contributed by atoms with E-state index in [1.165, 1.54) is 0 Å². The minimum atomic E-state index is -0.735. The van der Waals surface area contributed by atoms with Gasteiger partial charge in [-0.05, 0) is 52.3 Å². The minimum absolute atomic E-state index is 0.186. The van der Waals surface area contributed by atoms with Crippen molar-refractivity contribution >= 4 is 11.8 Å². The SMILES string of the molecule is CCOC(=O)c1c(C)c(C(=O)[C@@H](C)Oc2ccccc2OC)c(C)n1CC. The third-order valence-corrected chi connectivity index (χ3v) is 4.54. The van der Waals surface area contributed by atoms with Crippen LogP contribution in [0, 0.1) is 13.8 Å². The molecular weight excluding hydrogens is 346 g/mol. The summed E-state index contributed by atoms with van der Waals surface area (Å²) in [4.78, 5) is 25.5. The molecule has 1 aromatic carbocycles. The second kappa shape index (κ2) is 8.75. The standard InChI is InChI=1S/C21H27NO5/c1-7-22-14(4)18(13(3)19(22)21(24)26-8-2)20(23)15(5)27-17-12-10-9-11-16(17)25-6/h9-12,15H,7-8H2,1-6H3/t15-/m1/s1. The summed E-state index contributed by atoms with van der Waals surface area (Å²) >= 11 is 0. The zero-order valence-electron chi connectivity index (χ0n) is 16.8. The van der Waals surface area contributed by atoms with Crippen LogP contribution >= 0.6 is 0 Å². The van der Waals surface area contributed by atoms with E-state index in [2.05, 4.69) is 0 Å². The summed E-state index contributed by atoms with van der Waals surface area (Å²) in [7, 11) is 1.55. The molecule has 0 fully saturated rings. The van der Waals surface area contributed by atoms with E-state index in [1.54, 1.807) is 40.0 Å². The van der Waals surface area contributed by atoms with Gasteiger partial charge in [0.05, 0.1) is 13.7 Å². The molecule has 1 aromatic heterocycles. The van der Waals surface area contributed by atoms with Gasteiger partial charge < -0.3 is 18.8 Å². The van der Waals surface area contributed by atoms with Gasteiger partial charge in [-0.15, -0.1) is 0 Å². The first-order valence-electron chi connectivity index (χ1n) is 9.07. The Balaban J connectivity index is 2.39. The number of hydrogen-bond donors (Lipinski definition) is 0. The van der Waals surface area contributed by atoms with Crippen molar-refractivity contribution in [2.24, 2.45) is 0 Å². The first-order chi connectivity index (χ1) is 12.9. The highest BCUT2D eigenvalue weighted by Gasteiger charge is 2.29. The fraction of sp³-hybridized carbons (Fsp3) is 0.429. The molecule has 2 rings (SSSR count). The number of nitrogens with zero attached hydrogens (tertiary/aromatic N) is 1. The molecule has 0 spiro atoms. The maximum atomic E-state index is 13.1. The summed E-state index contributed by atoms with van der Waals surface area (Å²) in [5.41, 5.74) is 2.28. The molecule has 0 aliphatic carbocycles. The van der Waals surface area contributed by atoms with Crippen molar-refractivity contribution in [2.75, 3.05) is 13.7 Å². The van der Waals surface area contributed by atoms with Crippen molar-refractivity contribution in [3.8, 4) is 11.5 Å². The van der Waals surface area contributed by atoms with Crippen molar-refractivity contribution < 1.29 is 23.8 Å². The number of benzene rings is 1. The number of Topliss-reactive ketones (excluding diaryl/α,β-unsaturated/α-hetero) is 1. The normalized spacial score (nSPS) is 11.8. The van der Waals surface area contributed by atoms with E-state index >= 15 is 0 Å². The fourth-order valence-electron chi connectivity index (χ4n) is 3.28. The first-order valence-corrected chi connectivity index (χ1v) is 9.07. The highest BCUT2D eigenvalue weighted by Crippen LogP contribution is 2.29. The molecule has 0 aliphatic heterocycles. The van der Waals surface area contributed by atoms with Crippen LogP contribution in [0.2, 0.25) is 0 Å². The molecule has 0 radical (unpaired) electrons. The van der Waals surface area contributed by atoms with E-state index in [-0.39, 0.29) is 12.4 Å². The number of rotatable bonds is 8. The number of carbonyl (C=O) groups excluding carboxylic acids is 2. The predicted molar refractivity (Wildman–Crippen MR) is 103 cm³/mol. The molecule has 0 amide bonds. The van der Waals surface area contributed by atoms with Gasteiger partial charge in [-0.3, -0.25) is 4.79 Å². The molecule has 6 heteroatoms. The lowest BCUT2D eigenvalue weighted by Crippen LogP contribution is -2.25. The van der Waals surface area contributed by atoms with Gasteiger partial charge >= 0.3 is 5.97 Å². The van der Waals surface area contributed by atoms with Crippen molar-refractivity contribution in [3.05, 3.63) is 46.8 Å². The third kappa shape index (κ3) is 3.99.